The van der Waals surface area contributed by atoms with E-state index < -0.39 is 12.2 Å². The first kappa shape index (κ1) is 31.0. The van der Waals surface area contributed by atoms with Gasteiger partial charge in [-0.1, -0.05) is 35.7 Å². The second-order valence-corrected chi connectivity index (χ2v) is 12.1. The Bertz CT molecular complexity index is 1650. The zero-order valence-electron chi connectivity index (χ0n) is 25.4. The number of anilines is 3. The molecule has 2 fully saturated rings. The molecule has 2 saturated heterocycles. The van der Waals surface area contributed by atoms with Crippen molar-refractivity contribution in [3.05, 3.63) is 82.6 Å². The monoisotopic (exact) mass is 641 g/mol. The van der Waals surface area contributed by atoms with E-state index in [9.17, 15) is 14.4 Å². The number of hydrogen-bond acceptors (Lipinski definition) is 7. The summed E-state index contributed by atoms with van der Waals surface area (Å²) in [5, 5.41) is 3.24. The van der Waals surface area contributed by atoms with E-state index in [0.29, 0.717) is 69.8 Å². The van der Waals surface area contributed by atoms with Crippen LogP contribution in [0, 0.1) is 12.3 Å². The standard InChI is InChI=1S/C34H36ClN7O4/c1-2-24-19-23(20-28(35)31(24)36)21-30(32(43)40-17-15-39(16-18-40)26-7-11-37-12-8-26)46-34(45)41-13-9-27(10-14-41)42-22-25-5-3-4-6-29(25)38-33(42)44/h1,3-8,11-12,19-20,27,30H,9-10,13-18,21-22,36H2,(H,38,44)/t30-/m1/s1. The first-order valence-corrected chi connectivity index (χ1v) is 15.8. The molecule has 12 heteroatoms. The molecular weight excluding hydrogens is 606 g/mol. The number of para-hydroxylation sites is 1. The van der Waals surface area contributed by atoms with Gasteiger partial charge in [-0.15, -0.1) is 6.42 Å². The molecule has 1 atom stereocenters. The van der Waals surface area contributed by atoms with Crippen molar-refractivity contribution >= 4 is 46.7 Å². The number of aromatic nitrogens is 1. The van der Waals surface area contributed by atoms with Crippen LogP contribution in [0.2, 0.25) is 5.02 Å². The van der Waals surface area contributed by atoms with Crippen LogP contribution in [0.15, 0.2) is 60.9 Å². The third kappa shape index (κ3) is 6.67. The number of terminal acetylenes is 1. The number of halogens is 1. The summed E-state index contributed by atoms with van der Waals surface area (Å²) in [4.78, 5) is 51.7. The first-order chi connectivity index (χ1) is 22.3. The van der Waals surface area contributed by atoms with E-state index in [1.807, 2.05) is 41.3 Å². The lowest BCUT2D eigenvalue weighted by molar-refractivity contribution is -0.141. The van der Waals surface area contributed by atoms with Crippen LogP contribution in [-0.4, -0.2) is 89.1 Å². The Balaban J connectivity index is 1.12. The van der Waals surface area contributed by atoms with Crippen molar-refractivity contribution in [3.8, 4) is 12.3 Å². The molecule has 1 aromatic heterocycles. The number of rotatable bonds is 6. The van der Waals surface area contributed by atoms with Gasteiger partial charge in [-0.25, -0.2) is 9.59 Å². The fourth-order valence-corrected chi connectivity index (χ4v) is 6.56. The molecule has 6 rings (SSSR count). The Morgan fingerprint density at radius 3 is 2.48 bits per heavy atom. The number of hydrogen-bond donors (Lipinski definition) is 2. The number of ether oxygens (including phenoxy) is 1. The van der Waals surface area contributed by atoms with E-state index in [4.69, 9.17) is 28.5 Å². The summed E-state index contributed by atoms with van der Waals surface area (Å²) >= 11 is 6.35. The number of benzene rings is 2. The second kappa shape index (κ2) is 13.6. The van der Waals surface area contributed by atoms with E-state index >= 15 is 0 Å². The summed E-state index contributed by atoms with van der Waals surface area (Å²) in [7, 11) is 0. The predicted molar refractivity (Wildman–Crippen MR) is 176 cm³/mol. The Morgan fingerprint density at radius 1 is 1.04 bits per heavy atom. The fraction of sp³-hybridized carbons (Fsp3) is 0.353. The van der Waals surface area contributed by atoms with Gasteiger partial charge < -0.3 is 35.4 Å². The summed E-state index contributed by atoms with van der Waals surface area (Å²) in [6, 6.07) is 14.8. The Hall–Kier alpha value is -4.95. The quantitative estimate of drug-likeness (QED) is 0.305. The van der Waals surface area contributed by atoms with Gasteiger partial charge in [0.25, 0.3) is 5.91 Å². The molecular formula is C34H36ClN7O4. The lowest BCUT2D eigenvalue weighted by atomic mass is 10.0. The number of piperazine rings is 1. The molecule has 0 aliphatic carbocycles. The van der Waals surface area contributed by atoms with E-state index in [-0.39, 0.29) is 35.1 Å². The zero-order valence-corrected chi connectivity index (χ0v) is 26.2. The van der Waals surface area contributed by atoms with Crippen LogP contribution < -0.4 is 16.0 Å². The van der Waals surface area contributed by atoms with Crippen LogP contribution in [0.1, 0.15) is 29.5 Å². The van der Waals surface area contributed by atoms with E-state index in [1.165, 1.54) is 0 Å². The van der Waals surface area contributed by atoms with Gasteiger partial charge >= 0.3 is 12.1 Å². The Labute approximate surface area is 273 Å². The summed E-state index contributed by atoms with van der Waals surface area (Å²) in [5.74, 6) is 2.25. The molecule has 0 bridgehead atoms. The molecule has 3 aromatic rings. The van der Waals surface area contributed by atoms with Crippen LogP contribution in [-0.2, 0) is 22.5 Å². The predicted octanol–water partition coefficient (Wildman–Crippen LogP) is 4.21. The van der Waals surface area contributed by atoms with Crippen LogP contribution >= 0.6 is 11.6 Å². The number of nitrogen functional groups attached to an aromatic ring is 1. The minimum Gasteiger partial charge on any atom is -0.436 e. The maximum atomic E-state index is 13.9. The summed E-state index contributed by atoms with van der Waals surface area (Å²) < 4.78 is 5.97. The number of carbonyl (C=O) groups is 3. The molecule has 2 aromatic carbocycles. The third-order valence-corrected chi connectivity index (χ3v) is 9.24. The van der Waals surface area contributed by atoms with Gasteiger partial charge in [-0.2, -0.15) is 0 Å². The van der Waals surface area contributed by atoms with E-state index in [0.717, 1.165) is 16.9 Å². The maximum Gasteiger partial charge on any atom is 0.410 e. The number of fused-ring (bicyclic) bond motifs is 1. The van der Waals surface area contributed by atoms with Gasteiger partial charge in [0.15, 0.2) is 6.10 Å². The molecule has 11 nitrogen and oxygen atoms in total. The lowest BCUT2D eigenvalue weighted by Gasteiger charge is -2.40. The molecule has 3 N–H and O–H groups in total. The topological polar surface area (TPSA) is 124 Å². The largest absolute Gasteiger partial charge is 0.436 e. The van der Waals surface area contributed by atoms with Gasteiger partial charge in [0.05, 0.1) is 10.7 Å². The van der Waals surface area contributed by atoms with Crippen LogP contribution in [0.25, 0.3) is 0 Å². The van der Waals surface area contributed by atoms with Crippen molar-refractivity contribution in [3.63, 3.8) is 0 Å². The zero-order chi connectivity index (χ0) is 32.2. The van der Waals surface area contributed by atoms with Gasteiger partial charge in [0, 0.05) is 87.6 Å². The SMILES string of the molecule is C#Cc1cc(C[C@@H](OC(=O)N2CCC(N3Cc4ccccc4NC3=O)CC2)C(=O)N2CCN(c3ccncc3)CC2)cc(Cl)c1N. The number of likely N-dealkylation sites (tertiary alicyclic amines) is 1. The van der Waals surface area contributed by atoms with Crippen molar-refractivity contribution in [1.29, 1.82) is 0 Å². The van der Waals surface area contributed by atoms with Crippen molar-refractivity contribution in [2.24, 2.45) is 0 Å². The summed E-state index contributed by atoms with van der Waals surface area (Å²) in [6.07, 6.45) is 8.75. The van der Waals surface area contributed by atoms with Crippen molar-refractivity contribution < 1.29 is 19.1 Å². The van der Waals surface area contributed by atoms with Gasteiger partial charge in [0.1, 0.15) is 0 Å². The van der Waals surface area contributed by atoms with Crippen LogP contribution in [0.5, 0.6) is 0 Å². The molecule has 0 saturated carbocycles. The molecule has 3 aliphatic heterocycles. The minimum absolute atomic E-state index is 0.0226. The summed E-state index contributed by atoms with van der Waals surface area (Å²) in [5.41, 5.74) is 10.3. The highest BCUT2D eigenvalue weighted by molar-refractivity contribution is 6.33. The molecule has 238 valence electrons. The number of amides is 4. The number of carbonyl (C=O) groups excluding carboxylic acids is 3. The number of nitrogens with two attached hydrogens (primary N) is 1. The highest BCUT2D eigenvalue weighted by Crippen LogP contribution is 2.29. The molecule has 4 heterocycles. The smallest absolute Gasteiger partial charge is 0.410 e. The Kier molecular flexibility index (Phi) is 9.17. The molecule has 0 spiro atoms. The Morgan fingerprint density at radius 2 is 1.76 bits per heavy atom. The third-order valence-electron chi connectivity index (χ3n) is 8.93. The van der Waals surface area contributed by atoms with Gasteiger partial charge in [-0.05, 0) is 54.3 Å². The van der Waals surface area contributed by atoms with Gasteiger partial charge in [0.2, 0.25) is 0 Å². The number of nitrogens with zero attached hydrogens (tertiary/aromatic N) is 5. The number of urea groups is 1. The average molecular weight is 642 g/mol. The molecule has 46 heavy (non-hydrogen) atoms. The first-order valence-electron chi connectivity index (χ1n) is 15.4. The molecule has 4 amide bonds. The average Bonchev–Trinajstić information content (AvgIpc) is 3.09. The minimum atomic E-state index is -1.09. The maximum absolute atomic E-state index is 13.9. The highest BCUT2D eigenvalue weighted by atomic mass is 35.5. The molecule has 0 unspecified atom stereocenters. The van der Waals surface area contributed by atoms with Crippen molar-refractivity contribution in [2.75, 3.05) is 55.2 Å². The lowest BCUT2D eigenvalue weighted by Crippen LogP contribution is -2.54. The van der Waals surface area contributed by atoms with Crippen molar-refractivity contribution in [2.45, 2.75) is 38.0 Å². The van der Waals surface area contributed by atoms with Crippen LogP contribution in [0.4, 0.5) is 26.7 Å². The van der Waals surface area contributed by atoms with E-state index in [2.05, 4.69) is 21.1 Å². The van der Waals surface area contributed by atoms with Crippen molar-refractivity contribution in [1.82, 2.24) is 19.7 Å². The normalized spacial score (nSPS) is 17.5. The number of nitrogens with one attached hydrogen (secondary N) is 1. The van der Waals surface area contributed by atoms with Crippen LogP contribution in [0.3, 0.4) is 0 Å². The highest BCUT2D eigenvalue weighted by Gasteiger charge is 2.36. The molecule has 0 radical (unpaired) electrons. The second-order valence-electron chi connectivity index (χ2n) is 11.7. The van der Waals surface area contributed by atoms with E-state index in [1.54, 1.807) is 34.3 Å². The number of piperidine rings is 1. The summed E-state index contributed by atoms with van der Waals surface area (Å²) in [6.45, 7) is 3.52. The van der Waals surface area contributed by atoms with Gasteiger partial charge in [-0.3, -0.25) is 9.78 Å². The number of pyridine rings is 1. The molecule has 3 aliphatic rings. The fourth-order valence-electron chi connectivity index (χ4n) is 6.32.